The predicted octanol–water partition coefficient (Wildman–Crippen LogP) is 0.159. The van der Waals surface area contributed by atoms with Crippen LogP contribution >= 0.6 is 0 Å². The number of aryl methyl sites for hydroxylation is 1. The minimum atomic E-state index is -3.96. The van der Waals surface area contributed by atoms with E-state index in [4.69, 9.17) is 5.11 Å². The number of nitrogens with one attached hydrogen (secondary N) is 1. The molecular weight excluding hydrogens is 318 g/mol. The molecule has 1 heterocycles. The molecule has 0 spiro atoms. The van der Waals surface area contributed by atoms with Crippen molar-refractivity contribution < 1.29 is 26.7 Å². The minimum absolute atomic E-state index is 0.0473. The van der Waals surface area contributed by atoms with Gasteiger partial charge in [0.25, 0.3) is 0 Å². The van der Waals surface area contributed by atoms with Crippen LogP contribution in [0.3, 0.4) is 0 Å². The van der Waals surface area contributed by atoms with Gasteiger partial charge in [0, 0.05) is 6.04 Å². The lowest BCUT2D eigenvalue weighted by Crippen LogP contribution is -2.36. The SMILES string of the molecule is Cc1ccc(C(=O)O)cc1S(=O)(=O)N[C@@H]1CCS(=O)(=O)C1. The van der Waals surface area contributed by atoms with Crippen LogP contribution in [-0.4, -0.2) is 45.5 Å². The van der Waals surface area contributed by atoms with Gasteiger partial charge in [0.1, 0.15) is 0 Å². The van der Waals surface area contributed by atoms with Crippen LogP contribution in [0.1, 0.15) is 22.3 Å². The summed E-state index contributed by atoms with van der Waals surface area (Å²) in [5, 5.41) is 8.92. The summed E-state index contributed by atoms with van der Waals surface area (Å²) in [6, 6.07) is 3.12. The molecule has 1 aliphatic rings. The molecule has 1 aromatic rings. The molecule has 9 heteroatoms. The lowest BCUT2D eigenvalue weighted by molar-refractivity contribution is 0.0696. The summed E-state index contributed by atoms with van der Waals surface area (Å²) in [4.78, 5) is 10.8. The molecule has 1 saturated heterocycles. The number of carboxylic acid groups (broad SMARTS) is 1. The minimum Gasteiger partial charge on any atom is -0.478 e. The van der Waals surface area contributed by atoms with Crippen molar-refractivity contribution in [2.75, 3.05) is 11.5 Å². The number of hydrogen-bond acceptors (Lipinski definition) is 5. The first-order valence-corrected chi connectivity index (χ1v) is 9.48. The van der Waals surface area contributed by atoms with E-state index in [-0.39, 0.29) is 28.4 Å². The lowest BCUT2D eigenvalue weighted by Gasteiger charge is -2.13. The number of carbonyl (C=O) groups is 1. The van der Waals surface area contributed by atoms with Crippen LogP contribution in [0.15, 0.2) is 23.1 Å². The van der Waals surface area contributed by atoms with E-state index in [2.05, 4.69) is 4.72 Å². The zero-order valence-electron chi connectivity index (χ0n) is 11.2. The second-order valence-corrected chi connectivity index (χ2v) is 8.92. The lowest BCUT2D eigenvalue weighted by atomic mass is 10.1. The molecule has 0 radical (unpaired) electrons. The monoisotopic (exact) mass is 333 g/mol. The molecule has 0 amide bonds. The number of carboxylic acids is 1. The van der Waals surface area contributed by atoms with Gasteiger partial charge in [0.05, 0.1) is 22.0 Å². The largest absolute Gasteiger partial charge is 0.478 e. The van der Waals surface area contributed by atoms with Gasteiger partial charge in [-0.3, -0.25) is 0 Å². The van der Waals surface area contributed by atoms with E-state index in [0.717, 1.165) is 6.07 Å². The Morgan fingerprint density at radius 1 is 1.38 bits per heavy atom. The van der Waals surface area contributed by atoms with Gasteiger partial charge in [-0.15, -0.1) is 0 Å². The van der Waals surface area contributed by atoms with Crippen LogP contribution in [-0.2, 0) is 19.9 Å². The summed E-state index contributed by atoms with van der Waals surface area (Å²) in [6.07, 6.45) is 0.221. The number of sulfonamides is 1. The Kier molecular flexibility index (Phi) is 4.09. The van der Waals surface area contributed by atoms with Crippen LogP contribution in [0.25, 0.3) is 0 Å². The Morgan fingerprint density at radius 2 is 2.05 bits per heavy atom. The van der Waals surface area contributed by atoms with Gasteiger partial charge in [-0.05, 0) is 31.0 Å². The van der Waals surface area contributed by atoms with Crippen molar-refractivity contribution in [3.8, 4) is 0 Å². The summed E-state index contributed by atoms with van der Waals surface area (Å²) in [5.41, 5.74) is 0.258. The van der Waals surface area contributed by atoms with E-state index in [9.17, 15) is 21.6 Å². The van der Waals surface area contributed by atoms with Crippen LogP contribution < -0.4 is 4.72 Å². The zero-order valence-corrected chi connectivity index (χ0v) is 12.9. The molecule has 0 bridgehead atoms. The quantitative estimate of drug-likeness (QED) is 0.810. The average molecular weight is 333 g/mol. The van der Waals surface area contributed by atoms with Crippen LogP contribution in [0.2, 0.25) is 0 Å². The van der Waals surface area contributed by atoms with Crippen molar-refractivity contribution in [1.29, 1.82) is 0 Å². The summed E-state index contributed by atoms with van der Waals surface area (Å²) >= 11 is 0. The van der Waals surface area contributed by atoms with E-state index in [0.29, 0.717) is 5.56 Å². The van der Waals surface area contributed by atoms with Crippen molar-refractivity contribution in [2.24, 2.45) is 0 Å². The van der Waals surface area contributed by atoms with E-state index in [1.807, 2.05) is 0 Å². The van der Waals surface area contributed by atoms with E-state index in [1.165, 1.54) is 12.1 Å². The third-order valence-corrected chi connectivity index (χ3v) is 6.71. The summed E-state index contributed by atoms with van der Waals surface area (Å²) < 4.78 is 49.6. The first-order valence-electron chi connectivity index (χ1n) is 6.17. The van der Waals surface area contributed by atoms with Gasteiger partial charge in [0.2, 0.25) is 10.0 Å². The normalized spacial score (nSPS) is 21.3. The maximum absolute atomic E-state index is 12.3. The maximum Gasteiger partial charge on any atom is 0.335 e. The van der Waals surface area contributed by atoms with Crippen LogP contribution in [0, 0.1) is 6.92 Å². The molecule has 2 N–H and O–H groups in total. The van der Waals surface area contributed by atoms with Crippen molar-refractivity contribution in [2.45, 2.75) is 24.3 Å². The third kappa shape index (κ3) is 3.60. The highest BCUT2D eigenvalue weighted by Crippen LogP contribution is 2.20. The number of hydrogen-bond donors (Lipinski definition) is 2. The van der Waals surface area contributed by atoms with Crippen LogP contribution in [0.4, 0.5) is 0 Å². The molecule has 2 rings (SSSR count). The van der Waals surface area contributed by atoms with Gasteiger partial charge in [-0.1, -0.05) is 6.07 Å². The van der Waals surface area contributed by atoms with Crippen LogP contribution in [0.5, 0.6) is 0 Å². The molecule has 116 valence electrons. The molecule has 21 heavy (non-hydrogen) atoms. The highest BCUT2D eigenvalue weighted by molar-refractivity contribution is 7.92. The third-order valence-electron chi connectivity index (χ3n) is 3.28. The standard InChI is InChI=1S/C12H15NO6S2/c1-8-2-3-9(12(14)15)6-11(8)21(18,19)13-10-4-5-20(16,17)7-10/h2-3,6,10,13H,4-5,7H2,1H3,(H,14,15)/t10-/m1/s1. The van der Waals surface area contributed by atoms with Crippen molar-refractivity contribution in [1.82, 2.24) is 4.72 Å². The van der Waals surface area contributed by atoms with Gasteiger partial charge in [-0.25, -0.2) is 26.4 Å². The van der Waals surface area contributed by atoms with Gasteiger partial charge < -0.3 is 5.11 Å². The number of aromatic carboxylic acids is 1. The molecule has 7 nitrogen and oxygen atoms in total. The second-order valence-electron chi connectivity index (χ2n) is 5.01. The summed E-state index contributed by atoms with van der Waals surface area (Å²) in [7, 11) is -7.16. The molecule has 1 fully saturated rings. The Bertz CT molecular complexity index is 782. The fourth-order valence-electron chi connectivity index (χ4n) is 2.19. The van der Waals surface area contributed by atoms with E-state index in [1.54, 1.807) is 6.92 Å². The van der Waals surface area contributed by atoms with Gasteiger partial charge in [0.15, 0.2) is 9.84 Å². The highest BCUT2D eigenvalue weighted by Gasteiger charge is 2.32. The molecule has 0 saturated carbocycles. The van der Waals surface area contributed by atoms with E-state index < -0.39 is 31.9 Å². The van der Waals surface area contributed by atoms with Gasteiger partial charge >= 0.3 is 5.97 Å². The predicted molar refractivity (Wildman–Crippen MR) is 75.5 cm³/mol. The van der Waals surface area contributed by atoms with Crippen molar-refractivity contribution in [3.05, 3.63) is 29.3 Å². The molecule has 0 aliphatic carbocycles. The number of rotatable bonds is 4. The van der Waals surface area contributed by atoms with Gasteiger partial charge in [-0.2, -0.15) is 0 Å². The molecule has 1 atom stereocenters. The van der Waals surface area contributed by atoms with E-state index >= 15 is 0 Å². The average Bonchev–Trinajstić information content (AvgIpc) is 2.67. The Morgan fingerprint density at radius 3 is 2.57 bits per heavy atom. The Labute approximate surface area is 123 Å². The Hall–Kier alpha value is -1.45. The smallest absolute Gasteiger partial charge is 0.335 e. The van der Waals surface area contributed by atoms with Crippen molar-refractivity contribution in [3.63, 3.8) is 0 Å². The van der Waals surface area contributed by atoms with Crippen molar-refractivity contribution >= 4 is 25.8 Å². The first-order chi connectivity index (χ1) is 9.61. The fraction of sp³-hybridized carbons (Fsp3) is 0.417. The fourth-order valence-corrected chi connectivity index (χ4v) is 5.51. The second kappa shape index (κ2) is 5.39. The zero-order chi connectivity index (χ0) is 15.8. The molecular formula is C12H15NO6S2. The Balaban J connectivity index is 2.32. The summed E-state index contributed by atoms with van der Waals surface area (Å²) in [6.45, 7) is 1.55. The topological polar surface area (TPSA) is 118 Å². The molecule has 1 aliphatic heterocycles. The summed E-state index contributed by atoms with van der Waals surface area (Å²) in [5.74, 6) is -1.51. The molecule has 0 aromatic heterocycles. The highest BCUT2D eigenvalue weighted by atomic mass is 32.2. The molecule has 0 unspecified atom stereocenters. The first kappa shape index (κ1) is 15.9. The molecule has 1 aromatic carbocycles. The number of sulfone groups is 1. The maximum atomic E-state index is 12.3. The number of benzene rings is 1.